The third-order valence-electron chi connectivity index (χ3n) is 5.91. The molecule has 10 heteroatoms. The van der Waals surface area contributed by atoms with Crippen molar-refractivity contribution in [2.75, 3.05) is 61.5 Å². The fourth-order valence-corrected chi connectivity index (χ4v) is 4.68. The fraction of sp³-hybridized carbons (Fsp3) is 0.333. The van der Waals surface area contributed by atoms with Crippen molar-refractivity contribution < 1.29 is 19.1 Å². The zero-order valence-electron chi connectivity index (χ0n) is 20.9. The molecule has 0 bridgehead atoms. The van der Waals surface area contributed by atoms with E-state index in [9.17, 15) is 9.59 Å². The average Bonchev–Trinajstić information content (AvgIpc) is 3.43. The van der Waals surface area contributed by atoms with Gasteiger partial charge in [-0.2, -0.15) is 0 Å². The topological polar surface area (TPSA) is 95.2 Å². The van der Waals surface area contributed by atoms with Crippen LogP contribution in [0.5, 0.6) is 5.75 Å². The maximum absolute atomic E-state index is 12.3. The Morgan fingerprint density at radius 1 is 0.973 bits per heavy atom. The van der Waals surface area contributed by atoms with Crippen molar-refractivity contribution in [2.24, 2.45) is 0 Å². The number of carbonyl (C=O) groups is 2. The quantitative estimate of drug-likeness (QED) is 0.352. The van der Waals surface area contributed by atoms with Gasteiger partial charge in [0.1, 0.15) is 12.4 Å². The summed E-state index contributed by atoms with van der Waals surface area (Å²) in [7, 11) is 0. The van der Waals surface area contributed by atoms with E-state index in [1.165, 1.54) is 0 Å². The van der Waals surface area contributed by atoms with Crippen molar-refractivity contribution in [2.45, 2.75) is 13.5 Å². The molecular formula is C27H33N5O4S. The number of hydrogen-bond donors (Lipinski definition) is 3. The number of anilines is 3. The van der Waals surface area contributed by atoms with E-state index in [0.29, 0.717) is 37.7 Å². The summed E-state index contributed by atoms with van der Waals surface area (Å²) in [6.45, 7) is 7.32. The van der Waals surface area contributed by atoms with Crippen LogP contribution in [0.4, 0.5) is 26.7 Å². The summed E-state index contributed by atoms with van der Waals surface area (Å²) in [5.74, 6) is 0.622. The van der Waals surface area contributed by atoms with Crippen molar-refractivity contribution in [3.63, 3.8) is 0 Å². The first kappa shape index (κ1) is 26.3. The number of benzene rings is 2. The van der Waals surface area contributed by atoms with E-state index in [2.05, 4.69) is 31.8 Å². The Morgan fingerprint density at radius 2 is 1.81 bits per heavy atom. The molecule has 0 radical (unpaired) electrons. The van der Waals surface area contributed by atoms with Gasteiger partial charge in [-0.25, -0.2) is 9.59 Å². The van der Waals surface area contributed by atoms with Gasteiger partial charge in [0.05, 0.1) is 18.8 Å². The van der Waals surface area contributed by atoms with E-state index in [0.717, 1.165) is 42.4 Å². The molecule has 37 heavy (non-hydrogen) atoms. The van der Waals surface area contributed by atoms with Crippen LogP contribution >= 0.6 is 11.3 Å². The number of piperazine rings is 1. The maximum atomic E-state index is 12.3. The number of amides is 3. The molecule has 0 unspecified atom stereocenters. The van der Waals surface area contributed by atoms with Gasteiger partial charge >= 0.3 is 12.1 Å². The zero-order valence-corrected chi connectivity index (χ0v) is 21.8. The largest absolute Gasteiger partial charge is 0.492 e. The lowest BCUT2D eigenvalue weighted by molar-refractivity contribution is 0.137. The number of nitrogens with one attached hydrogen (secondary N) is 3. The summed E-state index contributed by atoms with van der Waals surface area (Å²) in [6, 6.07) is 18.9. The molecule has 3 amide bonds. The number of hydrogen-bond acceptors (Lipinski definition) is 7. The minimum absolute atomic E-state index is 0.221. The number of rotatable bonds is 10. The van der Waals surface area contributed by atoms with Gasteiger partial charge in [0, 0.05) is 49.0 Å². The Bertz CT molecular complexity index is 1150. The number of ether oxygens (including phenoxy) is 2. The van der Waals surface area contributed by atoms with Crippen LogP contribution in [0.15, 0.2) is 66.0 Å². The molecule has 2 heterocycles. The van der Waals surface area contributed by atoms with Crippen molar-refractivity contribution in [3.8, 4) is 5.75 Å². The van der Waals surface area contributed by atoms with Crippen LogP contribution in [0.1, 0.15) is 11.8 Å². The first-order chi connectivity index (χ1) is 18.1. The molecule has 9 nitrogen and oxygen atoms in total. The van der Waals surface area contributed by atoms with E-state index in [4.69, 9.17) is 9.47 Å². The number of carbonyl (C=O) groups excluding carboxylic acids is 2. The Kier molecular flexibility index (Phi) is 9.61. The lowest BCUT2D eigenvalue weighted by Gasteiger charge is -2.36. The third-order valence-corrected chi connectivity index (χ3v) is 6.79. The van der Waals surface area contributed by atoms with Gasteiger partial charge in [-0.05, 0) is 48.7 Å². The smallest absolute Gasteiger partial charge is 0.411 e. The molecule has 1 aromatic heterocycles. The second-order valence-electron chi connectivity index (χ2n) is 8.46. The third kappa shape index (κ3) is 8.12. The van der Waals surface area contributed by atoms with Crippen molar-refractivity contribution >= 4 is 40.5 Å². The summed E-state index contributed by atoms with van der Waals surface area (Å²) < 4.78 is 10.9. The fourth-order valence-electron chi connectivity index (χ4n) is 4.03. The van der Waals surface area contributed by atoms with Crippen LogP contribution in [0.3, 0.4) is 0 Å². The monoisotopic (exact) mass is 523 g/mol. The van der Waals surface area contributed by atoms with Gasteiger partial charge in [-0.1, -0.05) is 24.3 Å². The summed E-state index contributed by atoms with van der Waals surface area (Å²) in [4.78, 5) is 30.1. The minimum atomic E-state index is -0.491. The highest BCUT2D eigenvalue weighted by molar-refractivity contribution is 7.09. The second kappa shape index (κ2) is 13.5. The van der Waals surface area contributed by atoms with E-state index < -0.39 is 6.09 Å². The highest BCUT2D eigenvalue weighted by Gasteiger charge is 2.18. The van der Waals surface area contributed by atoms with E-state index >= 15 is 0 Å². The molecule has 3 aromatic rings. The van der Waals surface area contributed by atoms with Crippen LogP contribution in [0.2, 0.25) is 0 Å². The van der Waals surface area contributed by atoms with Crippen LogP contribution in [-0.4, -0.2) is 63.0 Å². The number of para-hydroxylation sites is 2. The standard InChI is InChI=1S/C27H33N5O4S/c1-2-35-25-11-4-3-10-24(25)30-27(34)36-17-16-31-12-14-32(15-13-31)22-8-5-7-21(19-22)29-26(33)28-20-23-9-6-18-37-23/h3-11,18-19H,2,12-17,20H2,1H3,(H,30,34)(H2,28,29,33). The molecule has 196 valence electrons. The van der Waals surface area contributed by atoms with Crippen molar-refractivity contribution in [3.05, 3.63) is 70.9 Å². The molecule has 1 saturated heterocycles. The second-order valence-corrected chi connectivity index (χ2v) is 9.49. The molecule has 3 N–H and O–H groups in total. The molecule has 0 spiro atoms. The molecule has 1 fully saturated rings. The lowest BCUT2D eigenvalue weighted by Crippen LogP contribution is -2.47. The van der Waals surface area contributed by atoms with Crippen LogP contribution in [0.25, 0.3) is 0 Å². The molecule has 4 rings (SSSR count). The normalized spacial score (nSPS) is 13.6. The minimum Gasteiger partial charge on any atom is -0.492 e. The predicted octanol–water partition coefficient (Wildman–Crippen LogP) is 4.84. The van der Waals surface area contributed by atoms with Gasteiger partial charge in [-0.15, -0.1) is 11.3 Å². The molecular weight excluding hydrogens is 490 g/mol. The van der Waals surface area contributed by atoms with Crippen LogP contribution in [-0.2, 0) is 11.3 Å². The van der Waals surface area contributed by atoms with Gasteiger partial charge in [-0.3, -0.25) is 10.2 Å². The Hall–Kier alpha value is -3.76. The summed E-state index contributed by atoms with van der Waals surface area (Å²) in [5, 5.41) is 10.5. The first-order valence-corrected chi connectivity index (χ1v) is 13.3. The molecule has 0 aliphatic carbocycles. The summed E-state index contributed by atoms with van der Waals surface area (Å²) >= 11 is 1.62. The van der Waals surface area contributed by atoms with E-state index in [1.54, 1.807) is 17.4 Å². The Balaban J connectivity index is 1.17. The van der Waals surface area contributed by atoms with E-state index in [1.807, 2.05) is 60.8 Å². The van der Waals surface area contributed by atoms with Crippen LogP contribution in [0, 0.1) is 0 Å². The van der Waals surface area contributed by atoms with Gasteiger partial charge in [0.25, 0.3) is 0 Å². The Labute approximate surface area is 221 Å². The SMILES string of the molecule is CCOc1ccccc1NC(=O)OCCN1CCN(c2cccc(NC(=O)NCc3cccs3)c2)CC1. The van der Waals surface area contributed by atoms with Gasteiger partial charge < -0.3 is 25.0 Å². The van der Waals surface area contributed by atoms with Gasteiger partial charge in [0.2, 0.25) is 0 Å². The average molecular weight is 524 g/mol. The van der Waals surface area contributed by atoms with Crippen LogP contribution < -0.4 is 25.6 Å². The van der Waals surface area contributed by atoms with Crippen molar-refractivity contribution in [1.82, 2.24) is 10.2 Å². The summed E-state index contributed by atoms with van der Waals surface area (Å²) in [5.41, 5.74) is 2.42. The van der Waals surface area contributed by atoms with E-state index in [-0.39, 0.29) is 6.03 Å². The number of nitrogens with zero attached hydrogens (tertiary/aromatic N) is 2. The maximum Gasteiger partial charge on any atom is 0.411 e. The number of thiophene rings is 1. The molecule has 2 aromatic carbocycles. The predicted molar refractivity (Wildman–Crippen MR) is 148 cm³/mol. The lowest BCUT2D eigenvalue weighted by atomic mass is 10.2. The number of urea groups is 1. The summed E-state index contributed by atoms with van der Waals surface area (Å²) in [6.07, 6.45) is -0.491. The molecule has 0 atom stereocenters. The molecule has 1 aliphatic rings. The Morgan fingerprint density at radius 3 is 2.59 bits per heavy atom. The zero-order chi connectivity index (χ0) is 25.9. The molecule has 0 saturated carbocycles. The highest BCUT2D eigenvalue weighted by Crippen LogP contribution is 2.24. The molecule has 1 aliphatic heterocycles. The van der Waals surface area contributed by atoms with Gasteiger partial charge in [0.15, 0.2) is 0 Å². The highest BCUT2D eigenvalue weighted by atomic mass is 32.1. The first-order valence-electron chi connectivity index (χ1n) is 12.4. The van der Waals surface area contributed by atoms with Crippen molar-refractivity contribution in [1.29, 1.82) is 0 Å².